The predicted octanol–water partition coefficient (Wildman–Crippen LogP) is 1.17. The lowest BCUT2D eigenvalue weighted by Gasteiger charge is -2.22. The van der Waals surface area contributed by atoms with E-state index in [1.165, 1.54) is 6.26 Å². The molecule has 0 saturated carbocycles. The number of sulfonamides is 1. The Bertz CT molecular complexity index is 631. The van der Waals surface area contributed by atoms with Crippen molar-refractivity contribution in [3.8, 4) is 5.75 Å². The highest BCUT2D eigenvalue weighted by molar-refractivity contribution is 7.88. The van der Waals surface area contributed by atoms with Crippen LogP contribution in [-0.2, 0) is 16.6 Å². The standard InChI is InChI=1S/C15H25N3O3S/c1-12-10-16-14(13(2)15(12)21-3)11-17-6-5-7-18(9-8-17)22(4,19)20/h10H,5-9,11H2,1-4H3. The van der Waals surface area contributed by atoms with Gasteiger partial charge in [0.25, 0.3) is 0 Å². The van der Waals surface area contributed by atoms with Crippen LogP contribution in [0.25, 0.3) is 0 Å². The fourth-order valence-electron chi connectivity index (χ4n) is 2.88. The highest BCUT2D eigenvalue weighted by Gasteiger charge is 2.22. The van der Waals surface area contributed by atoms with Crippen molar-refractivity contribution < 1.29 is 13.2 Å². The van der Waals surface area contributed by atoms with E-state index < -0.39 is 10.0 Å². The van der Waals surface area contributed by atoms with Crippen molar-refractivity contribution in [2.24, 2.45) is 0 Å². The molecule has 1 saturated heterocycles. The Morgan fingerprint density at radius 3 is 2.59 bits per heavy atom. The van der Waals surface area contributed by atoms with Gasteiger partial charge in [-0.05, 0) is 26.8 Å². The SMILES string of the molecule is COc1c(C)cnc(CN2CCCN(S(C)(=O)=O)CC2)c1C. The van der Waals surface area contributed by atoms with Crippen LogP contribution in [0, 0.1) is 13.8 Å². The molecule has 0 amide bonds. The molecule has 1 fully saturated rings. The summed E-state index contributed by atoms with van der Waals surface area (Å²) < 4.78 is 30.3. The number of aromatic nitrogens is 1. The van der Waals surface area contributed by atoms with Crippen molar-refractivity contribution in [2.75, 3.05) is 39.5 Å². The maximum atomic E-state index is 11.7. The normalized spacial score (nSPS) is 18.2. The van der Waals surface area contributed by atoms with Gasteiger partial charge >= 0.3 is 0 Å². The van der Waals surface area contributed by atoms with E-state index in [0.717, 1.165) is 48.6 Å². The lowest BCUT2D eigenvalue weighted by atomic mass is 10.1. The second-order valence-electron chi connectivity index (χ2n) is 5.84. The van der Waals surface area contributed by atoms with E-state index in [-0.39, 0.29) is 0 Å². The van der Waals surface area contributed by atoms with Crippen molar-refractivity contribution in [2.45, 2.75) is 26.8 Å². The second kappa shape index (κ2) is 6.93. The minimum atomic E-state index is -3.10. The van der Waals surface area contributed by atoms with Crippen LogP contribution in [0.4, 0.5) is 0 Å². The summed E-state index contributed by atoms with van der Waals surface area (Å²) in [5.74, 6) is 0.887. The molecule has 0 aromatic carbocycles. The molecule has 0 bridgehead atoms. The maximum Gasteiger partial charge on any atom is 0.211 e. The van der Waals surface area contributed by atoms with Gasteiger partial charge in [0, 0.05) is 43.5 Å². The topological polar surface area (TPSA) is 62.7 Å². The summed E-state index contributed by atoms with van der Waals surface area (Å²) in [5, 5.41) is 0. The van der Waals surface area contributed by atoms with E-state index in [0.29, 0.717) is 13.1 Å². The summed E-state index contributed by atoms with van der Waals surface area (Å²) in [6.45, 7) is 7.47. The Hall–Kier alpha value is -1.18. The van der Waals surface area contributed by atoms with Gasteiger partial charge in [0.15, 0.2) is 0 Å². The monoisotopic (exact) mass is 327 g/mol. The quantitative estimate of drug-likeness (QED) is 0.831. The molecular weight excluding hydrogens is 302 g/mol. The van der Waals surface area contributed by atoms with Gasteiger partial charge in [-0.3, -0.25) is 9.88 Å². The van der Waals surface area contributed by atoms with Crippen molar-refractivity contribution in [1.82, 2.24) is 14.2 Å². The molecule has 22 heavy (non-hydrogen) atoms. The molecule has 0 radical (unpaired) electrons. The first-order valence-electron chi connectivity index (χ1n) is 7.49. The molecule has 2 heterocycles. The van der Waals surface area contributed by atoms with Gasteiger partial charge in [-0.25, -0.2) is 12.7 Å². The molecule has 1 aromatic rings. The summed E-state index contributed by atoms with van der Waals surface area (Å²) in [6, 6.07) is 0. The van der Waals surface area contributed by atoms with Gasteiger partial charge in [-0.2, -0.15) is 0 Å². The molecule has 124 valence electrons. The Morgan fingerprint density at radius 1 is 1.23 bits per heavy atom. The average molecular weight is 327 g/mol. The number of rotatable bonds is 4. The lowest BCUT2D eigenvalue weighted by Crippen LogP contribution is -2.34. The first-order chi connectivity index (χ1) is 10.3. The van der Waals surface area contributed by atoms with Crippen LogP contribution in [0.15, 0.2) is 6.20 Å². The molecular formula is C15H25N3O3S. The van der Waals surface area contributed by atoms with Crippen molar-refractivity contribution in [3.63, 3.8) is 0 Å². The minimum Gasteiger partial charge on any atom is -0.496 e. The van der Waals surface area contributed by atoms with Gasteiger partial charge in [0.2, 0.25) is 10.0 Å². The summed E-state index contributed by atoms with van der Waals surface area (Å²) in [4.78, 5) is 6.78. The van der Waals surface area contributed by atoms with E-state index >= 15 is 0 Å². The molecule has 0 atom stereocenters. The van der Waals surface area contributed by atoms with E-state index in [9.17, 15) is 8.42 Å². The van der Waals surface area contributed by atoms with Crippen LogP contribution in [0.5, 0.6) is 5.75 Å². The third-order valence-electron chi connectivity index (χ3n) is 4.14. The van der Waals surface area contributed by atoms with Crippen LogP contribution in [0.3, 0.4) is 0 Å². The van der Waals surface area contributed by atoms with Crippen molar-refractivity contribution >= 4 is 10.0 Å². The first-order valence-corrected chi connectivity index (χ1v) is 9.34. The fourth-order valence-corrected chi connectivity index (χ4v) is 3.75. The number of aryl methyl sites for hydroxylation is 1. The first kappa shape index (κ1) is 17.2. The zero-order valence-electron chi connectivity index (χ0n) is 13.8. The van der Waals surface area contributed by atoms with Crippen LogP contribution in [0.2, 0.25) is 0 Å². The Kier molecular flexibility index (Phi) is 5.41. The van der Waals surface area contributed by atoms with Gasteiger partial charge in [0.05, 0.1) is 19.1 Å². The van der Waals surface area contributed by atoms with Crippen molar-refractivity contribution in [3.05, 3.63) is 23.0 Å². The molecule has 1 aromatic heterocycles. The zero-order valence-corrected chi connectivity index (χ0v) is 14.6. The van der Waals surface area contributed by atoms with Gasteiger partial charge in [-0.15, -0.1) is 0 Å². The fraction of sp³-hybridized carbons (Fsp3) is 0.667. The molecule has 1 aliphatic rings. The molecule has 1 aliphatic heterocycles. The number of nitrogens with zero attached hydrogens (tertiary/aromatic N) is 3. The third-order valence-corrected chi connectivity index (χ3v) is 5.44. The summed E-state index contributed by atoms with van der Waals surface area (Å²) in [7, 11) is -1.42. The summed E-state index contributed by atoms with van der Waals surface area (Å²) in [5.41, 5.74) is 3.09. The Morgan fingerprint density at radius 2 is 1.95 bits per heavy atom. The number of methoxy groups -OCH3 is 1. The number of ether oxygens (including phenoxy) is 1. The van der Waals surface area contributed by atoms with Crippen LogP contribution in [0.1, 0.15) is 23.2 Å². The number of pyridine rings is 1. The zero-order chi connectivity index (χ0) is 16.3. The summed E-state index contributed by atoms with van der Waals surface area (Å²) in [6.07, 6.45) is 3.95. The van der Waals surface area contributed by atoms with Crippen LogP contribution in [-0.4, -0.2) is 62.2 Å². The Balaban J connectivity index is 2.09. The molecule has 7 heteroatoms. The molecule has 0 N–H and O–H groups in total. The second-order valence-corrected chi connectivity index (χ2v) is 7.82. The molecule has 0 unspecified atom stereocenters. The Labute approximate surface area is 133 Å². The highest BCUT2D eigenvalue weighted by Crippen LogP contribution is 2.25. The van der Waals surface area contributed by atoms with E-state index in [4.69, 9.17) is 4.74 Å². The number of hydrogen-bond donors (Lipinski definition) is 0. The highest BCUT2D eigenvalue weighted by atomic mass is 32.2. The largest absolute Gasteiger partial charge is 0.496 e. The number of hydrogen-bond acceptors (Lipinski definition) is 5. The average Bonchev–Trinajstić information content (AvgIpc) is 2.68. The van der Waals surface area contributed by atoms with Gasteiger partial charge in [-0.1, -0.05) is 0 Å². The van der Waals surface area contributed by atoms with Gasteiger partial charge in [0.1, 0.15) is 5.75 Å². The van der Waals surface area contributed by atoms with Crippen LogP contribution < -0.4 is 4.74 Å². The summed E-state index contributed by atoms with van der Waals surface area (Å²) >= 11 is 0. The van der Waals surface area contributed by atoms with E-state index in [1.54, 1.807) is 11.4 Å². The predicted molar refractivity (Wildman–Crippen MR) is 86.6 cm³/mol. The molecule has 6 nitrogen and oxygen atoms in total. The van der Waals surface area contributed by atoms with Crippen LogP contribution >= 0.6 is 0 Å². The van der Waals surface area contributed by atoms with E-state index in [1.807, 2.05) is 20.0 Å². The minimum absolute atomic E-state index is 0.543. The maximum absolute atomic E-state index is 11.7. The lowest BCUT2D eigenvalue weighted by molar-refractivity contribution is 0.274. The molecule has 0 aliphatic carbocycles. The molecule has 2 rings (SSSR count). The van der Waals surface area contributed by atoms with E-state index in [2.05, 4.69) is 9.88 Å². The van der Waals surface area contributed by atoms with Crippen molar-refractivity contribution in [1.29, 1.82) is 0 Å². The third kappa shape index (κ3) is 3.97. The van der Waals surface area contributed by atoms with Gasteiger partial charge < -0.3 is 4.74 Å². The molecule has 0 spiro atoms. The smallest absolute Gasteiger partial charge is 0.211 e.